The monoisotopic (exact) mass is 360 g/mol. The Morgan fingerprint density at radius 2 is 2.12 bits per heavy atom. The number of nitrogens with one attached hydrogen (secondary N) is 1. The Hall–Kier alpha value is -3.00. The Morgan fingerprint density at radius 1 is 1.40 bits per heavy atom. The van der Waals surface area contributed by atoms with Crippen molar-refractivity contribution in [2.24, 2.45) is 5.73 Å². The van der Waals surface area contributed by atoms with Crippen LogP contribution in [0.2, 0.25) is 5.15 Å². The number of anilines is 2. The van der Waals surface area contributed by atoms with E-state index in [0.29, 0.717) is 17.9 Å². The van der Waals surface area contributed by atoms with Gasteiger partial charge >= 0.3 is 6.03 Å². The molecule has 0 aliphatic heterocycles. The number of methoxy groups -OCH3 is 1. The number of carbonyl (C=O) groups excluding carboxylic acids is 1. The van der Waals surface area contributed by atoms with Crippen LogP contribution in [0.15, 0.2) is 36.5 Å². The number of aromatic nitrogens is 3. The van der Waals surface area contributed by atoms with Gasteiger partial charge in [-0.05, 0) is 17.7 Å². The van der Waals surface area contributed by atoms with Gasteiger partial charge in [-0.1, -0.05) is 23.7 Å². The maximum Gasteiger partial charge on any atom is 0.316 e. The molecule has 8 nitrogen and oxygen atoms in total. The molecule has 0 saturated heterocycles. The van der Waals surface area contributed by atoms with Crippen LogP contribution in [-0.2, 0) is 6.54 Å². The highest BCUT2D eigenvalue weighted by molar-refractivity contribution is 6.29. The van der Waals surface area contributed by atoms with E-state index in [1.54, 1.807) is 17.7 Å². The lowest BCUT2D eigenvalue weighted by Gasteiger charge is -2.20. The van der Waals surface area contributed by atoms with Gasteiger partial charge in [0.15, 0.2) is 5.65 Å². The first-order valence-electron chi connectivity index (χ1n) is 7.42. The second kappa shape index (κ2) is 6.86. The highest BCUT2D eigenvalue weighted by atomic mass is 35.5. The maximum absolute atomic E-state index is 11.1. The molecule has 0 fully saturated rings. The number of nitrogens with zero attached hydrogens (tertiary/aromatic N) is 4. The molecule has 3 rings (SSSR count). The number of amides is 2. The van der Waals surface area contributed by atoms with E-state index in [2.05, 4.69) is 15.4 Å². The molecule has 2 aromatic heterocycles. The summed E-state index contributed by atoms with van der Waals surface area (Å²) in [7, 11) is 3.55. The molecule has 130 valence electrons. The predicted molar refractivity (Wildman–Crippen MR) is 96.3 cm³/mol. The molecule has 9 heteroatoms. The Morgan fingerprint density at radius 3 is 2.76 bits per heavy atom. The van der Waals surface area contributed by atoms with Crippen LogP contribution < -0.4 is 20.7 Å². The molecule has 3 aromatic rings. The normalized spacial score (nSPS) is 10.7. The summed E-state index contributed by atoms with van der Waals surface area (Å²) in [5.74, 6) is 1.53. The molecule has 0 aliphatic carbocycles. The summed E-state index contributed by atoms with van der Waals surface area (Å²) in [5.41, 5.74) is 7.07. The zero-order valence-electron chi connectivity index (χ0n) is 13.7. The molecule has 2 amide bonds. The highest BCUT2D eigenvalue weighted by Crippen LogP contribution is 2.25. The van der Waals surface area contributed by atoms with E-state index in [-0.39, 0.29) is 5.15 Å². The summed E-state index contributed by atoms with van der Waals surface area (Å²) < 4.78 is 6.77. The van der Waals surface area contributed by atoms with E-state index in [9.17, 15) is 4.79 Å². The molecule has 1 aromatic carbocycles. The summed E-state index contributed by atoms with van der Waals surface area (Å²) in [5, 5.41) is 7.04. The third-order valence-electron chi connectivity index (χ3n) is 3.65. The Bertz CT molecular complexity index is 909. The van der Waals surface area contributed by atoms with Gasteiger partial charge in [-0.15, -0.1) is 0 Å². The van der Waals surface area contributed by atoms with Gasteiger partial charge in [-0.2, -0.15) is 9.61 Å². The van der Waals surface area contributed by atoms with Gasteiger partial charge in [0, 0.05) is 19.7 Å². The number of primary amides is 1. The number of nitrogens with two attached hydrogens (primary N) is 1. The lowest BCUT2D eigenvalue weighted by molar-refractivity contribution is 0.259. The fourth-order valence-electron chi connectivity index (χ4n) is 2.50. The summed E-state index contributed by atoms with van der Waals surface area (Å²) in [6.07, 6.45) is 1.48. The fourth-order valence-corrected chi connectivity index (χ4v) is 2.67. The molecule has 0 unspecified atom stereocenters. The molecule has 0 aliphatic rings. The zero-order chi connectivity index (χ0) is 18.0. The minimum absolute atomic E-state index is 0.289. The minimum atomic E-state index is -0.690. The SMILES string of the molecule is COc1ccc(CN(C)c2cc(Cl)nc3c(NC(N)=O)cnn23)cc1. The van der Waals surface area contributed by atoms with Crippen molar-refractivity contribution in [2.45, 2.75) is 6.54 Å². The first kappa shape index (κ1) is 16.8. The number of halogens is 1. The zero-order valence-corrected chi connectivity index (χ0v) is 14.5. The largest absolute Gasteiger partial charge is 0.497 e. The van der Waals surface area contributed by atoms with E-state index < -0.39 is 6.03 Å². The van der Waals surface area contributed by atoms with Crippen molar-refractivity contribution >= 4 is 34.8 Å². The molecular weight excluding hydrogens is 344 g/mol. The van der Waals surface area contributed by atoms with E-state index in [4.69, 9.17) is 22.1 Å². The van der Waals surface area contributed by atoms with Crippen molar-refractivity contribution in [3.8, 4) is 5.75 Å². The number of rotatable bonds is 5. The van der Waals surface area contributed by atoms with Crippen LogP contribution in [0.5, 0.6) is 5.75 Å². The standard InChI is InChI=1S/C16H17ClN6O2/c1-22(9-10-3-5-11(25-2)6-4-10)14-7-13(17)21-15-12(20-16(18)24)8-19-23(14)15/h3-8H,9H2,1-2H3,(H3,18,20,24). The summed E-state index contributed by atoms with van der Waals surface area (Å²) in [6, 6.07) is 8.79. The van der Waals surface area contributed by atoms with Crippen molar-refractivity contribution in [3.63, 3.8) is 0 Å². The minimum Gasteiger partial charge on any atom is -0.497 e. The molecule has 3 N–H and O–H groups in total. The first-order chi connectivity index (χ1) is 12.0. The van der Waals surface area contributed by atoms with E-state index in [1.807, 2.05) is 36.2 Å². The number of fused-ring (bicyclic) bond motifs is 1. The van der Waals surface area contributed by atoms with Crippen molar-refractivity contribution in [2.75, 3.05) is 24.4 Å². The topological polar surface area (TPSA) is 97.8 Å². The second-order valence-electron chi connectivity index (χ2n) is 5.42. The quantitative estimate of drug-likeness (QED) is 0.681. The number of urea groups is 1. The molecule has 2 heterocycles. The van der Waals surface area contributed by atoms with Crippen LogP contribution in [0.3, 0.4) is 0 Å². The number of hydrogen-bond acceptors (Lipinski definition) is 5. The molecule has 0 spiro atoms. The predicted octanol–water partition coefficient (Wildman–Crippen LogP) is 2.52. The van der Waals surface area contributed by atoms with Gasteiger partial charge in [0.05, 0.1) is 13.3 Å². The van der Waals surface area contributed by atoms with Crippen molar-refractivity contribution in [3.05, 3.63) is 47.2 Å². The van der Waals surface area contributed by atoms with Gasteiger partial charge in [-0.25, -0.2) is 9.78 Å². The smallest absolute Gasteiger partial charge is 0.316 e. The van der Waals surface area contributed by atoms with Crippen LogP contribution in [0.1, 0.15) is 5.56 Å². The molecule has 0 bridgehead atoms. The van der Waals surface area contributed by atoms with Crippen molar-refractivity contribution in [1.82, 2.24) is 14.6 Å². The van der Waals surface area contributed by atoms with Gasteiger partial charge in [-0.3, -0.25) is 0 Å². The number of benzene rings is 1. The molecule has 0 radical (unpaired) electrons. The van der Waals surface area contributed by atoms with E-state index in [0.717, 1.165) is 17.1 Å². The van der Waals surface area contributed by atoms with Gasteiger partial charge in [0.2, 0.25) is 0 Å². The van der Waals surface area contributed by atoms with Crippen LogP contribution in [-0.4, -0.2) is 34.8 Å². The van der Waals surface area contributed by atoms with Crippen LogP contribution in [0, 0.1) is 0 Å². The second-order valence-corrected chi connectivity index (χ2v) is 5.81. The number of ether oxygens (including phenoxy) is 1. The Balaban J connectivity index is 1.93. The lowest BCUT2D eigenvalue weighted by Crippen LogP contribution is -2.21. The van der Waals surface area contributed by atoms with E-state index in [1.165, 1.54) is 6.20 Å². The van der Waals surface area contributed by atoms with Crippen molar-refractivity contribution < 1.29 is 9.53 Å². The summed E-state index contributed by atoms with van der Waals surface area (Å²) in [4.78, 5) is 17.3. The maximum atomic E-state index is 11.1. The molecular formula is C16H17ClN6O2. The average Bonchev–Trinajstić information content (AvgIpc) is 2.97. The Kier molecular flexibility index (Phi) is 4.62. The van der Waals surface area contributed by atoms with Gasteiger partial charge < -0.3 is 20.7 Å². The highest BCUT2D eigenvalue weighted by Gasteiger charge is 2.15. The Labute approximate surface area is 149 Å². The first-order valence-corrected chi connectivity index (χ1v) is 7.80. The van der Waals surface area contributed by atoms with Crippen LogP contribution in [0.4, 0.5) is 16.3 Å². The molecule has 25 heavy (non-hydrogen) atoms. The van der Waals surface area contributed by atoms with Gasteiger partial charge in [0.1, 0.15) is 22.4 Å². The van der Waals surface area contributed by atoms with Crippen LogP contribution in [0.25, 0.3) is 5.65 Å². The lowest BCUT2D eigenvalue weighted by atomic mass is 10.2. The molecule has 0 saturated carbocycles. The summed E-state index contributed by atoms with van der Waals surface area (Å²) in [6.45, 7) is 0.623. The van der Waals surface area contributed by atoms with E-state index >= 15 is 0 Å². The van der Waals surface area contributed by atoms with Gasteiger partial charge in [0.25, 0.3) is 0 Å². The number of carbonyl (C=O) groups is 1. The average molecular weight is 361 g/mol. The summed E-state index contributed by atoms with van der Waals surface area (Å²) >= 11 is 6.14. The number of hydrogen-bond donors (Lipinski definition) is 2. The molecule has 0 atom stereocenters. The van der Waals surface area contributed by atoms with Crippen LogP contribution >= 0.6 is 11.6 Å². The fraction of sp³-hybridized carbons (Fsp3) is 0.188. The third kappa shape index (κ3) is 3.58. The van der Waals surface area contributed by atoms with Crippen molar-refractivity contribution in [1.29, 1.82) is 0 Å². The third-order valence-corrected chi connectivity index (χ3v) is 3.84.